The fourth-order valence-electron chi connectivity index (χ4n) is 2.77. The van der Waals surface area contributed by atoms with Gasteiger partial charge in [-0.05, 0) is 24.1 Å². The van der Waals surface area contributed by atoms with Crippen molar-refractivity contribution in [1.82, 2.24) is 5.32 Å². The normalized spacial score (nSPS) is 11.6. The highest BCUT2D eigenvalue weighted by atomic mass is 16.6. The molecular formula is C22H20N2O4. The topological polar surface area (TPSA) is 82.3 Å². The molecule has 1 atom stereocenters. The molecule has 0 radical (unpaired) electrons. The molecule has 0 spiro atoms. The van der Waals surface area contributed by atoms with Crippen LogP contribution in [0.25, 0.3) is 0 Å². The van der Waals surface area contributed by atoms with Crippen LogP contribution >= 0.6 is 0 Å². The summed E-state index contributed by atoms with van der Waals surface area (Å²) in [6, 6.07) is 23.0. The summed E-state index contributed by atoms with van der Waals surface area (Å²) in [5, 5.41) is 14.6. The number of carbonyl (C=O) groups excluding carboxylic acids is 2. The molecule has 1 amide bonds. The van der Waals surface area contributed by atoms with Crippen molar-refractivity contribution in [1.29, 1.82) is 0 Å². The average Bonchev–Trinajstić information content (AvgIpc) is 2.73. The number of ether oxygens (including phenoxy) is 1. The first kappa shape index (κ1) is 19.1. The molecule has 2 aromatic carbocycles. The van der Waals surface area contributed by atoms with Gasteiger partial charge in [-0.2, -0.15) is 4.73 Å². The predicted molar refractivity (Wildman–Crippen MR) is 103 cm³/mol. The Morgan fingerprint density at radius 1 is 0.893 bits per heavy atom. The maximum atomic E-state index is 12.7. The molecule has 0 aliphatic rings. The summed E-state index contributed by atoms with van der Waals surface area (Å²) in [4.78, 5) is 24.9. The van der Waals surface area contributed by atoms with E-state index in [-0.39, 0.29) is 5.69 Å². The lowest BCUT2D eigenvalue weighted by molar-refractivity contribution is -0.608. The molecule has 6 heteroatoms. The van der Waals surface area contributed by atoms with Crippen molar-refractivity contribution < 1.29 is 19.1 Å². The lowest BCUT2D eigenvalue weighted by Gasteiger charge is -2.22. The second kappa shape index (κ2) is 8.81. The van der Waals surface area contributed by atoms with E-state index in [0.717, 1.165) is 11.1 Å². The van der Waals surface area contributed by atoms with Gasteiger partial charge < -0.3 is 15.3 Å². The summed E-state index contributed by atoms with van der Waals surface area (Å²) in [5.74, 6) is -1.31. The summed E-state index contributed by atoms with van der Waals surface area (Å²) in [5.41, 5.74) is 1.63. The van der Waals surface area contributed by atoms with Crippen LogP contribution in [0.5, 0.6) is 0 Å². The Hall–Kier alpha value is -3.67. The molecule has 0 aliphatic heterocycles. The number of carbonyl (C=O) groups is 2. The summed E-state index contributed by atoms with van der Waals surface area (Å²) >= 11 is 0. The van der Waals surface area contributed by atoms with Crippen molar-refractivity contribution >= 4 is 11.9 Å². The van der Waals surface area contributed by atoms with Gasteiger partial charge in [0.25, 0.3) is 5.91 Å². The Balaban J connectivity index is 1.75. The van der Waals surface area contributed by atoms with Gasteiger partial charge in [0.05, 0.1) is 6.04 Å². The molecule has 0 aliphatic carbocycles. The van der Waals surface area contributed by atoms with Gasteiger partial charge >= 0.3 is 11.7 Å². The molecule has 1 heterocycles. The highest BCUT2D eigenvalue weighted by Crippen LogP contribution is 2.22. The van der Waals surface area contributed by atoms with Gasteiger partial charge in [0.15, 0.2) is 12.3 Å². The molecule has 6 nitrogen and oxygen atoms in total. The molecule has 0 saturated heterocycles. The second-order valence-corrected chi connectivity index (χ2v) is 6.22. The van der Waals surface area contributed by atoms with Crippen LogP contribution in [0.2, 0.25) is 0 Å². The number of nitrogens with zero attached hydrogens (tertiary/aromatic N) is 1. The van der Waals surface area contributed by atoms with Gasteiger partial charge in [0.2, 0.25) is 0 Å². The maximum absolute atomic E-state index is 12.7. The Labute approximate surface area is 163 Å². The highest BCUT2D eigenvalue weighted by Gasteiger charge is 2.26. The molecule has 3 rings (SSSR count). The van der Waals surface area contributed by atoms with Gasteiger partial charge in [-0.1, -0.05) is 60.7 Å². The summed E-state index contributed by atoms with van der Waals surface area (Å²) in [6.45, 7) is 1.47. The van der Waals surface area contributed by atoms with E-state index in [1.807, 2.05) is 60.7 Å². The Morgan fingerprint density at radius 3 is 1.96 bits per heavy atom. The van der Waals surface area contributed by atoms with E-state index in [1.165, 1.54) is 25.3 Å². The number of nitrogens with one attached hydrogen (secondary N) is 1. The molecule has 1 aromatic heterocycles. The zero-order valence-corrected chi connectivity index (χ0v) is 15.3. The molecule has 142 valence electrons. The number of hydrogen-bond donors (Lipinski definition) is 1. The highest BCUT2D eigenvalue weighted by molar-refractivity contribution is 5.89. The smallest absolute Gasteiger partial charge is 0.405 e. The van der Waals surface area contributed by atoms with Crippen molar-refractivity contribution in [2.75, 3.05) is 0 Å². The van der Waals surface area contributed by atoms with Crippen LogP contribution in [0.4, 0.5) is 0 Å². The van der Waals surface area contributed by atoms with Crippen molar-refractivity contribution in [2.24, 2.45) is 0 Å². The third kappa shape index (κ3) is 4.54. The summed E-state index contributed by atoms with van der Waals surface area (Å²) in [6.07, 6.45) is 0.130. The van der Waals surface area contributed by atoms with E-state index in [9.17, 15) is 14.8 Å². The molecule has 1 N–H and O–H groups in total. The molecule has 3 aromatic rings. The van der Waals surface area contributed by atoms with Crippen LogP contribution in [-0.4, -0.2) is 18.0 Å². The van der Waals surface area contributed by atoms with Gasteiger partial charge in [-0.15, -0.1) is 0 Å². The fourth-order valence-corrected chi connectivity index (χ4v) is 2.77. The van der Waals surface area contributed by atoms with E-state index in [1.54, 1.807) is 6.07 Å². The van der Waals surface area contributed by atoms with E-state index >= 15 is 0 Å². The minimum absolute atomic E-state index is 0.176. The minimum atomic E-state index is -1.07. The van der Waals surface area contributed by atoms with Gasteiger partial charge in [0, 0.05) is 12.1 Å². The predicted octanol–water partition coefficient (Wildman–Crippen LogP) is 2.77. The van der Waals surface area contributed by atoms with E-state index in [0.29, 0.717) is 4.73 Å². The standard InChI is InChI=1S/C22H20N2O4/c1-16(28-22(26)19-14-8-9-15-24(19)27)21(25)23-20(17-10-4-2-5-11-17)18-12-6-3-7-13-18/h2-16,20H,1H3,(H,23,25)/t16-/m1/s1. The minimum Gasteiger partial charge on any atom is -0.618 e. The summed E-state index contributed by atoms with van der Waals surface area (Å²) in [7, 11) is 0. The van der Waals surface area contributed by atoms with Crippen molar-refractivity contribution in [2.45, 2.75) is 19.1 Å². The van der Waals surface area contributed by atoms with Gasteiger partial charge in [-0.25, -0.2) is 4.79 Å². The molecular weight excluding hydrogens is 356 g/mol. The summed E-state index contributed by atoms with van der Waals surface area (Å²) < 4.78 is 5.59. The number of pyridine rings is 1. The third-order valence-corrected chi connectivity index (χ3v) is 4.24. The third-order valence-electron chi connectivity index (χ3n) is 4.24. The van der Waals surface area contributed by atoms with Crippen LogP contribution in [-0.2, 0) is 9.53 Å². The average molecular weight is 376 g/mol. The first-order chi connectivity index (χ1) is 13.6. The van der Waals surface area contributed by atoms with Gasteiger partial charge in [-0.3, -0.25) is 4.79 Å². The first-order valence-electron chi connectivity index (χ1n) is 8.85. The number of benzene rings is 2. The Morgan fingerprint density at radius 2 is 1.43 bits per heavy atom. The number of amides is 1. The molecule has 0 bridgehead atoms. The largest absolute Gasteiger partial charge is 0.618 e. The maximum Gasteiger partial charge on any atom is 0.405 e. The van der Waals surface area contributed by atoms with Crippen LogP contribution < -0.4 is 10.0 Å². The number of hydrogen-bond acceptors (Lipinski definition) is 4. The number of esters is 1. The van der Waals surface area contributed by atoms with Gasteiger partial charge in [0.1, 0.15) is 0 Å². The SMILES string of the molecule is C[C@@H](OC(=O)c1cccc[n+]1[O-])C(=O)NC(c1ccccc1)c1ccccc1. The van der Waals surface area contributed by atoms with Crippen LogP contribution in [0.3, 0.4) is 0 Å². The lowest BCUT2D eigenvalue weighted by atomic mass is 9.98. The zero-order chi connectivity index (χ0) is 19.9. The molecule has 0 fully saturated rings. The molecule has 0 unspecified atom stereocenters. The van der Waals surface area contributed by atoms with Crippen molar-refractivity contribution in [3.63, 3.8) is 0 Å². The fraction of sp³-hybridized carbons (Fsp3) is 0.136. The Bertz CT molecular complexity index is 906. The zero-order valence-electron chi connectivity index (χ0n) is 15.3. The first-order valence-corrected chi connectivity index (χ1v) is 8.85. The molecule has 0 saturated carbocycles. The van der Waals surface area contributed by atoms with Crippen LogP contribution in [0.1, 0.15) is 34.6 Å². The number of rotatable bonds is 6. The van der Waals surface area contributed by atoms with E-state index in [4.69, 9.17) is 4.74 Å². The van der Waals surface area contributed by atoms with Crippen LogP contribution in [0, 0.1) is 5.21 Å². The number of aromatic nitrogens is 1. The molecule has 28 heavy (non-hydrogen) atoms. The quantitative estimate of drug-likeness (QED) is 0.407. The monoisotopic (exact) mass is 376 g/mol. The van der Waals surface area contributed by atoms with Crippen molar-refractivity contribution in [3.05, 3.63) is 107 Å². The van der Waals surface area contributed by atoms with Crippen molar-refractivity contribution in [3.8, 4) is 0 Å². The second-order valence-electron chi connectivity index (χ2n) is 6.22. The van der Waals surface area contributed by atoms with E-state index in [2.05, 4.69) is 5.32 Å². The van der Waals surface area contributed by atoms with E-state index < -0.39 is 24.0 Å². The van der Waals surface area contributed by atoms with Crippen LogP contribution in [0.15, 0.2) is 85.1 Å². The Kier molecular flexibility index (Phi) is 6.01. The lowest BCUT2D eigenvalue weighted by Crippen LogP contribution is -2.41.